The molecule has 4 N–H and O–H groups in total. The van der Waals surface area contributed by atoms with Crippen molar-refractivity contribution in [2.45, 2.75) is 44.2 Å². The summed E-state index contributed by atoms with van der Waals surface area (Å²) in [5.41, 5.74) is 3.56. The zero-order chi connectivity index (χ0) is 25.6. The zero-order valence-electron chi connectivity index (χ0n) is 20.3. The molecule has 1 unspecified atom stereocenters. The number of hydrogen-bond donors (Lipinski definition) is 4. The number of rotatable bonds is 5. The van der Waals surface area contributed by atoms with Gasteiger partial charge in [-0.05, 0) is 48.9 Å². The van der Waals surface area contributed by atoms with Gasteiger partial charge in [0, 0.05) is 29.9 Å². The molecule has 1 aliphatic carbocycles. The van der Waals surface area contributed by atoms with E-state index in [1.54, 1.807) is 0 Å². The second kappa shape index (κ2) is 9.02. The highest BCUT2D eigenvalue weighted by molar-refractivity contribution is 6.06. The van der Waals surface area contributed by atoms with Gasteiger partial charge >= 0.3 is 6.03 Å². The molecule has 6 rings (SSSR count). The smallest absolute Gasteiger partial charge is 0.322 e. The van der Waals surface area contributed by atoms with Crippen LogP contribution in [0.5, 0.6) is 0 Å². The predicted octanol–water partition coefficient (Wildman–Crippen LogP) is 2.33. The van der Waals surface area contributed by atoms with Crippen LogP contribution in [0.15, 0.2) is 48.5 Å². The Morgan fingerprint density at radius 2 is 1.78 bits per heavy atom. The van der Waals surface area contributed by atoms with Crippen molar-refractivity contribution in [3.63, 3.8) is 0 Å². The lowest BCUT2D eigenvalue weighted by Gasteiger charge is -2.53. The van der Waals surface area contributed by atoms with Gasteiger partial charge in [-0.1, -0.05) is 36.4 Å². The number of nitrogens with zero attached hydrogens (tertiary/aromatic N) is 2. The van der Waals surface area contributed by atoms with E-state index in [1.807, 2.05) is 41.3 Å². The minimum absolute atomic E-state index is 0.0390. The summed E-state index contributed by atoms with van der Waals surface area (Å²) >= 11 is 0. The molecule has 0 radical (unpaired) electrons. The molecule has 190 valence electrons. The molecule has 10 nitrogen and oxygen atoms in total. The van der Waals surface area contributed by atoms with Gasteiger partial charge in [0.25, 0.3) is 11.8 Å². The monoisotopic (exact) mass is 500 g/mol. The van der Waals surface area contributed by atoms with E-state index in [0.29, 0.717) is 18.8 Å². The second-order valence-corrected chi connectivity index (χ2v) is 10.4. The molecule has 5 amide bonds. The van der Waals surface area contributed by atoms with Gasteiger partial charge in [0.05, 0.1) is 11.9 Å². The highest BCUT2D eigenvalue weighted by atomic mass is 16.2. The van der Waals surface area contributed by atoms with Gasteiger partial charge in [-0.15, -0.1) is 0 Å². The van der Waals surface area contributed by atoms with E-state index in [0.717, 1.165) is 47.7 Å². The molecule has 0 bridgehead atoms. The van der Waals surface area contributed by atoms with Crippen LogP contribution in [0.2, 0.25) is 0 Å². The predicted molar refractivity (Wildman–Crippen MR) is 135 cm³/mol. The molecule has 3 aromatic rings. The van der Waals surface area contributed by atoms with Gasteiger partial charge in [-0.25, -0.2) is 4.79 Å². The van der Waals surface area contributed by atoms with Crippen molar-refractivity contribution in [3.8, 4) is 11.1 Å². The lowest BCUT2D eigenvalue weighted by atomic mass is 9.67. The Balaban J connectivity index is 1.02. The molecule has 1 spiro atoms. The lowest BCUT2D eigenvalue weighted by Crippen LogP contribution is -2.60. The van der Waals surface area contributed by atoms with E-state index >= 15 is 0 Å². The Bertz CT molecular complexity index is 1380. The summed E-state index contributed by atoms with van der Waals surface area (Å²) in [5.74, 6) is -0.769. The number of imide groups is 1. The van der Waals surface area contributed by atoms with E-state index < -0.39 is 18.0 Å². The Morgan fingerprint density at radius 3 is 2.49 bits per heavy atom. The molecule has 1 aromatic heterocycles. The first-order valence-corrected chi connectivity index (χ1v) is 12.6. The molecule has 37 heavy (non-hydrogen) atoms. The third-order valence-corrected chi connectivity index (χ3v) is 7.87. The maximum Gasteiger partial charge on any atom is 0.322 e. The lowest BCUT2D eigenvalue weighted by molar-refractivity contribution is -0.127. The van der Waals surface area contributed by atoms with Crippen molar-refractivity contribution in [3.05, 3.63) is 54.2 Å². The van der Waals surface area contributed by atoms with Crippen molar-refractivity contribution < 1.29 is 19.2 Å². The van der Waals surface area contributed by atoms with Crippen LogP contribution in [0, 0.1) is 5.41 Å². The second-order valence-electron chi connectivity index (χ2n) is 10.4. The topological polar surface area (TPSA) is 136 Å². The summed E-state index contributed by atoms with van der Waals surface area (Å²) in [6.07, 6.45) is 3.43. The largest absolute Gasteiger partial charge is 0.353 e. The summed E-state index contributed by atoms with van der Waals surface area (Å²) in [6, 6.07) is 14.8. The van der Waals surface area contributed by atoms with E-state index in [1.165, 1.54) is 0 Å². The summed E-state index contributed by atoms with van der Waals surface area (Å²) in [5, 5.41) is 15.8. The molecule has 2 saturated heterocycles. The van der Waals surface area contributed by atoms with Crippen molar-refractivity contribution in [1.82, 2.24) is 31.0 Å². The first-order chi connectivity index (χ1) is 17.9. The summed E-state index contributed by atoms with van der Waals surface area (Å²) in [4.78, 5) is 50.3. The Labute approximate surface area is 213 Å². The molecule has 10 heteroatoms. The third-order valence-electron chi connectivity index (χ3n) is 7.87. The molecule has 1 saturated carbocycles. The van der Waals surface area contributed by atoms with Crippen LogP contribution in [0.3, 0.4) is 0 Å². The van der Waals surface area contributed by atoms with Crippen molar-refractivity contribution in [1.29, 1.82) is 0 Å². The highest BCUT2D eigenvalue weighted by Gasteiger charge is 2.47. The summed E-state index contributed by atoms with van der Waals surface area (Å²) in [6.45, 7) is 1.38. The Kier molecular flexibility index (Phi) is 5.66. The van der Waals surface area contributed by atoms with Gasteiger partial charge < -0.3 is 15.5 Å². The van der Waals surface area contributed by atoms with E-state index in [2.05, 4.69) is 38.3 Å². The number of likely N-dealkylation sites (tertiary alicyclic amines) is 1. The van der Waals surface area contributed by atoms with Crippen molar-refractivity contribution in [2.24, 2.45) is 5.41 Å². The molecule has 3 heterocycles. The van der Waals surface area contributed by atoms with Crippen LogP contribution in [0.1, 0.15) is 42.6 Å². The van der Waals surface area contributed by atoms with Gasteiger partial charge in [0.2, 0.25) is 5.91 Å². The van der Waals surface area contributed by atoms with Crippen LogP contribution < -0.4 is 16.0 Å². The molecule has 3 aliphatic rings. The zero-order valence-corrected chi connectivity index (χ0v) is 20.3. The number of H-pyrrole nitrogens is 1. The molecular weight excluding hydrogens is 472 g/mol. The van der Waals surface area contributed by atoms with E-state index in [-0.39, 0.29) is 29.7 Å². The quantitative estimate of drug-likeness (QED) is 0.399. The Hall–Kier alpha value is -4.21. The molecule has 1 atom stereocenters. The number of urea groups is 1. The summed E-state index contributed by atoms with van der Waals surface area (Å²) < 4.78 is 0. The highest BCUT2D eigenvalue weighted by Crippen LogP contribution is 2.44. The number of carbonyl (C=O) groups excluding carboxylic acids is 4. The maximum absolute atomic E-state index is 13.2. The fraction of sp³-hybridized carbons (Fsp3) is 0.370. The van der Waals surface area contributed by atoms with Gasteiger partial charge in [-0.3, -0.25) is 24.8 Å². The average molecular weight is 501 g/mol. The number of amides is 5. The van der Waals surface area contributed by atoms with Crippen LogP contribution in [-0.4, -0.2) is 64.0 Å². The number of hydrogen-bond acceptors (Lipinski definition) is 5. The molecule has 2 aliphatic heterocycles. The number of carbonyl (C=O) groups is 4. The normalized spacial score (nSPS) is 21.0. The fourth-order valence-corrected chi connectivity index (χ4v) is 5.81. The first-order valence-electron chi connectivity index (χ1n) is 12.6. The van der Waals surface area contributed by atoms with Gasteiger partial charge in [0.1, 0.15) is 6.04 Å². The van der Waals surface area contributed by atoms with Crippen LogP contribution in [-0.2, 0) is 9.59 Å². The van der Waals surface area contributed by atoms with Gasteiger partial charge in [0.15, 0.2) is 5.69 Å². The summed E-state index contributed by atoms with van der Waals surface area (Å²) in [7, 11) is 0. The fourth-order valence-electron chi connectivity index (χ4n) is 5.81. The first kappa shape index (κ1) is 23.2. The number of fused-ring (bicyclic) bond motifs is 1. The standard InChI is InChI=1S/C27H28N6O4/c34-22(13-21-24(35)30-26(37)29-21)28-18-8-10-27(11-9-18)14-33(15-27)25(36)23-19-7-6-17(12-20(19)31-32-23)16-4-2-1-3-5-16/h1-7,12,18,21H,8-11,13-15H2,(H,28,34)(H,31,32)(H2,29,30,35,37). The van der Waals surface area contributed by atoms with Crippen LogP contribution in [0.4, 0.5) is 4.79 Å². The molecule has 2 aromatic carbocycles. The minimum Gasteiger partial charge on any atom is -0.353 e. The van der Waals surface area contributed by atoms with Crippen LogP contribution >= 0.6 is 0 Å². The van der Waals surface area contributed by atoms with Crippen molar-refractivity contribution in [2.75, 3.05) is 13.1 Å². The number of aromatic amines is 1. The SMILES string of the molecule is O=C(CC1NC(=O)NC1=O)NC1CCC2(CC1)CN(C(=O)c1n[nH]c3cc(-c4ccccc4)ccc13)C2. The van der Waals surface area contributed by atoms with E-state index in [9.17, 15) is 19.2 Å². The molecular formula is C27H28N6O4. The average Bonchev–Trinajstić information content (AvgIpc) is 3.44. The maximum atomic E-state index is 13.2. The Morgan fingerprint density at radius 1 is 1.03 bits per heavy atom. The number of benzene rings is 2. The molecule has 3 fully saturated rings. The number of nitrogens with one attached hydrogen (secondary N) is 4. The number of aromatic nitrogens is 2. The van der Waals surface area contributed by atoms with Gasteiger partial charge in [-0.2, -0.15) is 5.10 Å². The van der Waals surface area contributed by atoms with Crippen LogP contribution in [0.25, 0.3) is 22.0 Å². The van der Waals surface area contributed by atoms with Crippen molar-refractivity contribution >= 4 is 34.7 Å². The van der Waals surface area contributed by atoms with E-state index in [4.69, 9.17) is 0 Å². The third kappa shape index (κ3) is 4.43. The minimum atomic E-state index is -0.809.